The maximum Gasteiger partial charge on any atom is 0.260 e. The minimum Gasteiger partial charge on any atom is -0.483 e. The molecule has 1 aliphatic heterocycles. The number of hydrogen-bond acceptors (Lipinski definition) is 3. The number of nitrogens with zero attached hydrogens (tertiary/aromatic N) is 2. The van der Waals surface area contributed by atoms with Crippen LogP contribution in [0.5, 0.6) is 5.75 Å². The van der Waals surface area contributed by atoms with E-state index in [0.717, 1.165) is 29.2 Å². The number of piperazine rings is 1. The van der Waals surface area contributed by atoms with Crippen LogP contribution in [0.2, 0.25) is 0 Å². The first-order chi connectivity index (χ1) is 13.5. The van der Waals surface area contributed by atoms with E-state index in [1.165, 1.54) is 32.1 Å². The first-order valence-corrected chi connectivity index (χ1v) is 10.8. The van der Waals surface area contributed by atoms with Crippen LogP contribution in [0, 0.1) is 19.8 Å². The number of ether oxygens (including phenoxy) is 1. The molecule has 0 spiro atoms. The Morgan fingerprint density at radius 3 is 2.29 bits per heavy atom. The maximum absolute atomic E-state index is 12.5. The monoisotopic (exact) mass is 386 g/mol. The largest absolute Gasteiger partial charge is 0.483 e. The Morgan fingerprint density at radius 2 is 1.61 bits per heavy atom. The van der Waals surface area contributed by atoms with Crippen molar-refractivity contribution >= 4 is 11.8 Å². The lowest BCUT2D eigenvalue weighted by molar-refractivity contribution is -0.140. The fraction of sp³-hybridized carbons (Fsp3) is 0.652. The molecule has 0 bridgehead atoms. The van der Waals surface area contributed by atoms with E-state index in [9.17, 15) is 9.59 Å². The van der Waals surface area contributed by atoms with Crippen LogP contribution in [0.1, 0.15) is 56.1 Å². The third-order valence-electron chi connectivity index (χ3n) is 6.38. The summed E-state index contributed by atoms with van der Waals surface area (Å²) in [6.07, 6.45) is 8.27. The number of amides is 2. The Labute approximate surface area is 169 Å². The molecule has 0 N–H and O–H groups in total. The third-order valence-corrected chi connectivity index (χ3v) is 6.38. The highest BCUT2D eigenvalue weighted by atomic mass is 16.5. The SMILES string of the molecule is Cc1cccc(OCC(=O)N2CCN(C(=O)CCC3CCCCC3)CC2)c1C. The van der Waals surface area contributed by atoms with Crippen LogP contribution in [0.25, 0.3) is 0 Å². The Hall–Kier alpha value is -2.04. The van der Waals surface area contributed by atoms with Gasteiger partial charge >= 0.3 is 0 Å². The highest BCUT2D eigenvalue weighted by Crippen LogP contribution is 2.27. The van der Waals surface area contributed by atoms with Gasteiger partial charge in [-0.15, -0.1) is 0 Å². The first-order valence-electron chi connectivity index (χ1n) is 10.8. The van der Waals surface area contributed by atoms with E-state index in [0.29, 0.717) is 32.6 Å². The minimum absolute atomic E-state index is 0.00443. The van der Waals surface area contributed by atoms with Gasteiger partial charge in [0.05, 0.1) is 0 Å². The zero-order valence-electron chi connectivity index (χ0n) is 17.4. The molecule has 0 atom stereocenters. The molecule has 1 aliphatic carbocycles. The molecule has 1 heterocycles. The number of carbonyl (C=O) groups is 2. The van der Waals surface area contributed by atoms with E-state index in [-0.39, 0.29) is 18.4 Å². The molecule has 2 amide bonds. The average molecular weight is 387 g/mol. The number of aryl methyl sites for hydroxylation is 1. The fourth-order valence-corrected chi connectivity index (χ4v) is 4.28. The lowest BCUT2D eigenvalue weighted by Crippen LogP contribution is -2.51. The van der Waals surface area contributed by atoms with Crippen LogP contribution in [0.15, 0.2) is 18.2 Å². The molecule has 5 nitrogen and oxygen atoms in total. The van der Waals surface area contributed by atoms with Crippen LogP contribution in [0.3, 0.4) is 0 Å². The van der Waals surface area contributed by atoms with E-state index in [2.05, 4.69) is 0 Å². The molecule has 28 heavy (non-hydrogen) atoms. The van der Waals surface area contributed by atoms with Crippen molar-refractivity contribution in [2.24, 2.45) is 5.92 Å². The summed E-state index contributed by atoms with van der Waals surface area (Å²) in [4.78, 5) is 28.7. The van der Waals surface area contributed by atoms with E-state index < -0.39 is 0 Å². The lowest BCUT2D eigenvalue weighted by Gasteiger charge is -2.35. The van der Waals surface area contributed by atoms with E-state index >= 15 is 0 Å². The molecule has 0 radical (unpaired) electrons. The highest BCUT2D eigenvalue weighted by molar-refractivity contribution is 5.79. The molecule has 1 saturated carbocycles. The second-order valence-electron chi connectivity index (χ2n) is 8.29. The molecule has 1 aromatic carbocycles. The van der Waals surface area contributed by atoms with Crippen molar-refractivity contribution < 1.29 is 14.3 Å². The topological polar surface area (TPSA) is 49.9 Å². The smallest absolute Gasteiger partial charge is 0.260 e. The fourth-order valence-electron chi connectivity index (χ4n) is 4.28. The van der Waals surface area contributed by atoms with Crippen LogP contribution >= 0.6 is 0 Å². The predicted molar refractivity (Wildman–Crippen MR) is 110 cm³/mol. The van der Waals surface area contributed by atoms with Gasteiger partial charge in [0.15, 0.2) is 6.61 Å². The van der Waals surface area contributed by atoms with Gasteiger partial charge < -0.3 is 14.5 Å². The normalized spacial score (nSPS) is 18.2. The number of benzene rings is 1. The van der Waals surface area contributed by atoms with E-state index in [1.54, 1.807) is 0 Å². The molecule has 1 saturated heterocycles. The highest BCUT2D eigenvalue weighted by Gasteiger charge is 2.25. The van der Waals surface area contributed by atoms with Gasteiger partial charge in [-0.3, -0.25) is 9.59 Å². The van der Waals surface area contributed by atoms with Crippen LogP contribution in [-0.4, -0.2) is 54.4 Å². The van der Waals surface area contributed by atoms with Gasteiger partial charge in [-0.05, 0) is 43.4 Å². The quantitative estimate of drug-likeness (QED) is 0.749. The minimum atomic E-state index is -0.00443. The first kappa shape index (κ1) is 20.7. The summed E-state index contributed by atoms with van der Waals surface area (Å²) in [6.45, 7) is 6.58. The summed E-state index contributed by atoms with van der Waals surface area (Å²) >= 11 is 0. The lowest BCUT2D eigenvalue weighted by atomic mass is 9.86. The molecule has 2 aliphatic rings. The second-order valence-corrected chi connectivity index (χ2v) is 8.29. The average Bonchev–Trinajstić information content (AvgIpc) is 2.73. The summed E-state index contributed by atoms with van der Waals surface area (Å²) in [5.74, 6) is 1.76. The van der Waals surface area contributed by atoms with E-state index in [1.807, 2.05) is 41.8 Å². The molecule has 2 fully saturated rings. The number of carbonyl (C=O) groups excluding carboxylic acids is 2. The Balaban J connectivity index is 1.38. The van der Waals surface area contributed by atoms with Crippen LogP contribution in [-0.2, 0) is 9.59 Å². The molecule has 5 heteroatoms. The molecular formula is C23H34N2O3. The van der Waals surface area contributed by atoms with Crippen molar-refractivity contribution in [3.05, 3.63) is 29.3 Å². The van der Waals surface area contributed by atoms with Crippen molar-refractivity contribution in [1.29, 1.82) is 0 Å². The second kappa shape index (κ2) is 9.94. The summed E-state index contributed by atoms with van der Waals surface area (Å²) in [5, 5.41) is 0. The van der Waals surface area contributed by atoms with Gasteiger partial charge in [0.25, 0.3) is 5.91 Å². The van der Waals surface area contributed by atoms with Crippen molar-refractivity contribution in [3.8, 4) is 5.75 Å². The van der Waals surface area contributed by atoms with Gasteiger partial charge in [0.1, 0.15) is 5.75 Å². The third kappa shape index (κ3) is 5.49. The Bertz CT molecular complexity index is 674. The Kier molecular flexibility index (Phi) is 7.35. The summed E-state index contributed by atoms with van der Waals surface area (Å²) in [6, 6.07) is 5.88. The van der Waals surface area contributed by atoms with Crippen molar-refractivity contribution in [2.45, 2.75) is 58.8 Å². The molecule has 154 valence electrons. The van der Waals surface area contributed by atoms with E-state index in [4.69, 9.17) is 4.74 Å². The zero-order valence-corrected chi connectivity index (χ0v) is 17.4. The number of hydrogen-bond donors (Lipinski definition) is 0. The summed E-state index contributed by atoms with van der Waals surface area (Å²) in [5.41, 5.74) is 2.23. The van der Waals surface area contributed by atoms with Crippen LogP contribution in [0.4, 0.5) is 0 Å². The zero-order chi connectivity index (χ0) is 19.9. The molecule has 3 rings (SSSR count). The van der Waals surface area contributed by atoms with Gasteiger partial charge in [0, 0.05) is 32.6 Å². The van der Waals surface area contributed by atoms with Crippen LogP contribution < -0.4 is 4.74 Å². The van der Waals surface area contributed by atoms with Crippen molar-refractivity contribution in [3.63, 3.8) is 0 Å². The summed E-state index contributed by atoms with van der Waals surface area (Å²) < 4.78 is 5.74. The summed E-state index contributed by atoms with van der Waals surface area (Å²) in [7, 11) is 0. The standard InChI is InChI=1S/C23H34N2O3/c1-18-7-6-10-21(19(18)2)28-17-23(27)25-15-13-24(14-16-25)22(26)12-11-20-8-4-3-5-9-20/h6-7,10,20H,3-5,8-9,11-17H2,1-2H3. The maximum atomic E-state index is 12.5. The van der Waals surface area contributed by atoms with Gasteiger partial charge in [-0.1, -0.05) is 44.2 Å². The van der Waals surface area contributed by atoms with Crippen molar-refractivity contribution in [1.82, 2.24) is 9.80 Å². The predicted octanol–water partition coefficient (Wildman–Crippen LogP) is 3.71. The molecular weight excluding hydrogens is 352 g/mol. The van der Waals surface area contributed by atoms with Gasteiger partial charge in [-0.25, -0.2) is 0 Å². The molecule has 0 unspecified atom stereocenters. The Morgan fingerprint density at radius 1 is 0.964 bits per heavy atom. The molecule has 0 aromatic heterocycles. The van der Waals surface area contributed by atoms with Crippen molar-refractivity contribution in [2.75, 3.05) is 32.8 Å². The number of rotatable bonds is 6. The van der Waals surface area contributed by atoms with Gasteiger partial charge in [-0.2, -0.15) is 0 Å². The molecule has 1 aromatic rings. The van der Waals surface area contributed by atoms with Gasteiger partial charge in [0.2, 0.25) is 5.91 Å².